The number of quaternary nitrogens is 1. The number of para-hydroxylation sites is 1. The second-order valence-corrected chi connectivity index (χ2v) is 5.92. The van der Waals surface area contributed by atoms with Crippen molar-refractivity contribution in [1.29, 1.82) is 0 Å². The number of anilines is 1. The van der Waals surface area contributed by atoms with E-state index in [0.29, 0.717) is 0 Å². The molecule has 1 atom stereocenters. The van der Waals surface area contributed by atoms with E-state index in [0.717, 1.165) is 40.7 Å². The van der Waals surface area contributed by atoms with Gasteiger partial charge in [0, 0.05) is 18.5 Å². The summed E-state index contributed by atoms with van der Waals surface area (Å²) in [5.41, 5.74) is 3.24. The molecule has 1 unspecified atom stereocenters. The third-order valence-electron chi connectivity index (χ3n) is 4.09. The van der Waals surface area contributed by atoms with E-state index in [9.17, 15) is 4.79 Å². The molecule has 4 heteroatoms. The Morgan fingerprint density at radius 2 is 1.84 bits per heavy atom. The molecule has 1 amide bonds. The van der Waals surface area contributed by atoms with E-state index in [1.165, 1.54) is 0 Å². The van der Waals surface area contributed by atoms with E-state index in [-0.39, 0.29) is 24.4 Å². The molecule has 19 heavy (non-hydrogen) atoms. The molecule has 0 spiro atoms. The number of nitrogens with one attached hydrogen (secondary N) is 1. The van der Waals surface area contributed by atoms with Crippen LogP contribution in [0.25, 0.3) is 0 Å². The summed E-state index contributed by atoms with van der Waals surface area (Å²) in [5.74, 6) is 0.162. The van der Waals surface area contributed by atoms with Crippen molar-refractivity contribution >= 4 is 11.6 Å². The summed E-state index contributed by atoms with van der Waals surface area (Å²) >= 11 is 0. The maximum absolute atomic E-state index is 12.4. The fourth-order valence-corrected chi connectivity index (χ4v) is 2.86. The lowest BCUT2D eigenvalue weighted by molar-refractivity contribution is -0.892. The van der Waals surface area contributed by atoms with E-state index < -0.39 is 0 Å². The Balaban J connectivity index is 0.00000180. The average Bonchev–Trinajstić information content (AvgIpc) is 2.63. The van der Waals surface area contributed by atoms with Crippen LogP contribution in [0.1, 0.15) is 24.0 Å². The summed E-state index contributed by atoms with van der Waals surface area (Å²) in [5, 5.41) is 3.12. The summed E-state index contributed by atoms with van der Waals surface area (Å²) in [4.78, 5) is 12.4. The van der Waals surface area contributed by atoms with Gasteiger partial charge in [-0.1, -0.05) is 18.2 Å². The Morgan fingerprint density at radius 1 is 1.26 bits per heavy atom. The number of carbonyl (C=O) groups excluding carboxylic acids is 1. The van der Waals surface area contributed by atoms with Crippen molar-refractivity contribution in [1.82, 2.24) is 0 Å². The highest BCUT2D eigenvalue weighted by molar-refractivity contribution is 5.95. The molecule has 0 saturated carbocycles. The average molecular weight is 283 g/mol. The lowest BCUT2D eigenvalue weighted by Crippen LogP contribution is -3.00. The van der Waals surface area contributed by atoms with Crippen molar-refractivity contribution in [3.05, 3.63) is 29.3 Å². The zero-order valence-electron chi connectivity index (χ0n) is 12.2. The van der Waals surface area contributed by atoms with Crippen molar-refractivity contribution in [2.24, 2.45) is 0 Å². The lowest BCUT2D eigenvalue weighted by atomic mass is 10.1. The number of halogens is 1. The molecule has 1 heterocycles. The Kier molecular flexibility index (Phi) is 4.99. The number of rotatable bonds is 2. The normalized spacial score (nSPS) is 20.7. The number of hydrogen-bond acceptors (Lipinski definition) is 1. The lowest BCUT2D eigenvalue weighted by Gasteiger charge is -2.30. The molecule has 0 aliphatic carbocycles. The molecule has 1 N–H and O–H groups in total. The van der Waals surface area contributed by atoms with Crippen LogP contribution in [0.15, 0.2) is 18.2 Å². The molecular formula is C15H23ClN2O. The zero-order chi connectivity index (χ0) is 13.3. The van der Waals surface area contributed by atoms with Crippen molar-refractivity contribution < 1.29 is 21.7 Å². The van der Waals surface area contributed by atoms with Crippen molar-refractivity contribution in [2.45, 2.75) is 32.7 Å². The van der Waals surface area contributed by atoms with Crippen LogP contribution in [0.4, 0.5) is 5.69 Å². The molecular weight excluding hydrogens is 260 g/mol. The zero-order valence-corrected chi connectivity index (χ0v) is 12.9. The third kappa shape index (κ3) is 3.28. The van der Waals surface area contributed by atoms with Gasteiger partial charge < -0.3 is 22.2 Å². The Labute approximate surface area is 122 Å². The fourth-order valence-electron chi connectivity index (χ4n) is 2.86. The maximum Gasteiger partial charge on any atom is 0.282 e. The standard InChI is InChI=1S/C15H22N2O.ClH/c1-11-7-5-8-12(2)14(11)16-15(18)13-9-6-10-17(13,3)4;/h5,7-8,13H,6,9-10H2,1-4H3;1H. The Morgan fingerprint density at radius 3 is 2.32 bits per heavy atom. The molecule has 1 aliphatic heterocycles. The second-order valence-electron chi connectivity index (χ2n) is 5.92. The van der Waals surface area contributed by atoms with Crippen LogP contribution in [0, 0.1) is 13.8 Å². The molecule has 0 radical (unpaired) electrons. The predicted molar refractivity (Wildman–Crippen MR) is 74.5 cm³/mol. The summed E-state index contributed by atoms with van der Waals surface area (Å²) in [6, 6.07) is 6.19. The number of likely N-dealkylation sites (N-methyl/N-ethyl adjacent to an activating group) is 1. The van der Waals surface area contributed by atoms with E-state index in [1.807, 2.05) is 32.0 Å². The molecule has 1 saturated heterocycles. The van der Waals surface area contributed by atoms with Crippen LogP contribution in [-0.4, -0.2) is 37.1 Å². The first kappa shape index (κ1) is 16.0. The van der Waals surface area contributed by atoms with E-state index >= 15 is 0 Å². The van der Waals surface area contributed by atoms with E-state index in [1.54, 1.807) is 0 Å². The number of hydrogen-bond donors (Lipinski definition) is 1. The molecule has 1 aromatic rings. The van der Waals surface area contributed by atoms with Gasteiger partial charge in [0.05, 0.1) is 20.6 Å². The van der Waals surface area contributed by atoms with E-state index in [2.05, 4.69) is 19.4 Å². The molecule has 2 rings (SSSR count). The predicted octanol–water partition coefficient (Wildman–Crippen LogP) is -0.515. The van der Waals surface area contributed by atoms with Gasteiger partial charge >= 0.3 is 0 Å². The minimum absolute atomic E-state index is 0. The number of amides is 1. The monoisotopic (exact) mass is 282 g/mol. The largest absolute Gasteiger partial charge is 1.00 e. The van der Waals surface area contributed by atoms with Crippen LogP contribution in [0.2, 0.25) is 0 Å². The van der Waals surface area contributed by atoms with Crippen molar-refractivity contribution in [3.63, 3.8) is 0 Å². The van der Waals surface area contributed by atoms with Gasteiger partial charge in [-0.15, -0.1) is 0 Å². The first-order valence-corrected chi connectivity index (χ1v) is 6.61. The first-order valence-electron chi connectivity index (χ1n) is 6.61. The Hall–Kier alpha value is -1.06. The topological polar surface area (TPSA) is 29.1 Å². The Bertz CT molecular complexity index is 451. The highest BCUT2D eigenvalue weighted by Crippen LogP contribution is 2.25. The minimum atomic E-state index is 0. The number of benzene rings is 1. The van der Waals surface area contributed by atoms with Gasteiger partial charge in [-0.25, -0.2) is 0 Å². The summed E-state index contributed by atoms with van der Waals surface area (Å²) in [7, 11) is 4.28. The minimum Gasteiger partial charge on any atom is -1.00 e. The fraction of sp³-hybridized carbons (Fsp3) is 0.533. The molecule has 1 aromatic carbocycles. The number of nitrogens with zero attached hydrogens (tertiary/aromatic N) is 1. The quantitative estimate of drug-likeness (QED) is 0.727. The van der Waals surface area contributed by atoms with Gasteiger partial charge in [-0.3, -0.25) is 4.79 Å². The number of aryl methyl sites for hydroxylation is 2. The molecule has 106 valence electrons. The third-order valence-corrected chi connectivity index (χ3v) is 4.09. The first-order chi connectivity index (χ1) is 8.42. The summed E-state index contributed by atoms with van der Waals surface area (Å²) in [6.07, 6.45) is 2.13. The second kappa shape index (κ2) is 5.93. The SMILES string of the molecule is Cc1cccc(C)c1NC(=O)C1CCC[N+]1(C)C.[Cl-]. The molecule has 1 aliphatic rings. The van der Waals surface area contributed by atoms with Gasteiger partial charge in [0.15, 0.2) is 6.04 Å². The van der Waals surface area contributed by atoms with Gasteiger partial charge in [0.25, 0.3) is 5.91 Å². The molecule has 1 fully saturated rings. The van der Waals surface area contributed by atoms with E-state index in [4.69, 9.17) is 0 Å². The molecule has 3 nitrogen and oxygen atoms in total. The van der Waals surface area contributed by atoms with Gasteiger partial charge in [-0.05, 0) is 25.0 Å². The van der Waals surface area contributed by atoms with Gasteiger partial charge in [0.2, 0.25) is 0 Å². The van der Waals surface area contributed by atoms with Crippen LogP contribution in [0.5, 0.6) is 0 Å². The van der Waals surface area contributed by atoms with Crippen molar-refractivity contribution in [2.75, 3.05) is 26.0 Å². The number of carbonyl (C=O) groups is 1. The molecule has 0 aromatic heterocycles. The number of likely N-dealkylation sites (tertiary alicyclic amines) is 1. The molecule has 0 bridgehead atoms. The maximum atomic E-state index is 12.4. The highest BCUT2D eigenvalue weighted by Gasteiger charge is 2.39. The van der Waals surface area contributed by atoms with Crippen molar-refractivity contribution in [3.8, 4) is 0 Å². The van der Waals surface area contributed by atoms with Gasteiger partial charge in [0.1, 0.15) is 0 Å². The van der Waals surface area contributed by atoms with Crippen LogP contribution in [0.3, 0.4) is 0 Å². The highest BCUT2D eigenvalue weighted by atomic mass is 35.5. The van der Waals surface area contributed by atoms with Crippen LogP contribution >= 0.6 is 0 Å². The smallest absolute Gasteiger partial charge is 0.282 e. The summed E-state index contributed by atoms with van der Waals surface area (Å²) < 4.78 is 0.802. The van der Waals surface area contributed by atoms with Gasteiger partial charge in [-0.2, -0.15) is 0 Å². The summed E-state index contributed by atoms with van der Waals surface area (Å²) in [6.45, 7) is 5.17. The van der Waals surface area contributed by atoms with Crippen LogP contribution in [-0.2, 0) is 4.79 Å². The van der Waals surface area contributed by atoms with Crippen LogP contribution < -0.4 is 17.7 Å².